The van der Waals surface area contributed by atoms with Crippen molar-refractivity contribution in [1.82, 2.24) is 4.98 Å². The molecule has 0 N–H and O–H groups in total. The summed E-state index contributed by atoms with van der Waals surface area (Å²) < 4.78 is 6.51. The van der Waals surface area contributed by atoms with Crippen molar-refractivity contribution in [2.24, 2.45) is 5.92 Å². The van der Waals surface area contributed by atoms with Crippen molar-refractivity contribution in [2.45, 2.75) is 18.3 Å². The molecule has 2 unspecified atom stereocenters. The van der Waals surface area contributed by atoms with Gasteiger partial charge >= 0.3 is 0 Å². The number of nitrogens with zero attached hydrogens (tertiary/aromatic N) is 1. The van der Waals surface area contributed by atoms with E-state index in [2.05, 4.69) is 33.0 Å². The molecule has 1 aliphatic heterocycles. The van der Waals surface area contributed by atoms with E-state index >= 15 is 0 Å². The summed E-state index contributed by atoms with van der Waals surface area (Å²) in [6.45, 7) is 1.83. The minimum absolute atomic E-state index is 0.374. The van der Waals surface area contributed by atoms with Crippen LogP contribution in [0.3, 0.4) is 0 Å². The lowest BCUT2D eigenvalue weighted by Crippen LogP contribution is -2.22. The Morgan fingerprint density at radius 2 is 2.43 bits per heavy atom. The Labute approximate surface area is 91.8 Å². The molecular formula is C11H12BrNO. The molecule has 0 amide bonds. The Bertz CT molecular complexity index is 351. The maximum atomic E-state index is 5.46. The third-order valence-corrected chi connectivity index (χ3v) is 3.95. The first kappa shape index (κ1) is 8.86. The Kier molecular flexibility index (Phi) is 1.92. The van der Waals surface area contributed by atoms with Crippen LogP contribution in [0.4, 0.5) is 0 Å². The zero-order chi connectivity index (χ0) is 9.60. The van der Waals surface area contributed by atoms with E-state index in [4.69, 9.17) is 4.74 Å². The van der Waals surface area contributed by atoms with Crippen molar-refractivity contribution >= 4 is 15.9 Å². The van der Waals surface area contributed by atoms with Crippen LogP contribution in [0.15, 0.2) is 22.8 Å². The number of aromatic nitrogens is 1. The Morgan fingerprint density at radius 3 is 3.14 bits per heavy atom. The second-order valence-electron chi connectivity index (χ2n) is 4.24. The Morgan fingerprint density at radius 1 is 1.50 bits per heavy atom. The molecule has 1 aromatic heterocycles. The summed E-state index contributed by atoms with van der Waals surface area (Å²) in [7, 11) is 0. The van der Waals surface area contributed by atoms with Crippen LogP contribution in [0, 0.1) is 5.92 Å². The molecule has 1 aliphatic carbocycles. The van der Waals surface area contributed by atoms with Gasteiger partial charge in [-0.1, -0.05) is 0 Å². The van der Waals surface area contributed by atoms with Crippen LogP contribution < -0.4 is 0 Å². The normalized spacial score (nSPS) is 35.1. The smallest absolute Gasteiger partial charge is 0.0503 e. The van der Waals surface area contributed by atoms with Crippen molar-refractivity contribution in [3.63, 3.8) is 0 Å². The second kappa shape index (κ2) is 3.04. The number of hydrogen-bond donors (Lipinski definition) is 0. The van der Waals surface area contributed by atoms with Crippen LogP contribution in [0.25, 0.3) is 0 Å². The van der Waals surface area contributed by atoms with Crippen molar-refractivity contribution in [3.8, 4) is 0 Å². The fourth-order valence-corrected chi connectivity index (χ4v) is 2.73. The lowest BCUT2D eigenvalue weighted by atomic mass is 9.93. The average Bonchev–Trinajstić information content (AvgIpc) is 2.94. The van der Waals surface area contributed by atoms with Crippen LogP contribution in [0.1, 0.15) is 18.5 Å². The van der Waals surface area contributed by atoms with Crippen LogP contribution in [0.5, 0.6) is 0 Å². The summed E-state index contributed by atoms with van der Waals surface area (Å²) in [5.41, 5.74) is 1.63. The molecule has 0 bridgehead atoms. The predicted octanol–water partition coefficient (Wildman–Crippen LogP) is 2.52. The van der Waals surface area contributed by atoms with Gasteiger partial charge in [0.2, 0.25) is 0 Å². The molecule has 0 aromatic carbocycles. The molecule has 2 heterocycles. The standard InChI is InChI=1S/C11H12BrNO/c12-9-1-2-10(13-6-9)11-3-4-14-7-8(11)5-11/h1-2,6,8H,3-5,7H2. The van der Waals surface area contributed by atoms with Gasteiger partial charge in [0.1, 0.15) is 0 Å². The first-order valence-electron chi connectivity index (χ1n) is 5.01. The summed E-state index contributed by atoms with van der Waals surface area (Å²) in [6.07, 6.45) is 4.31. The van der Waals surface area contributed by atoms with Gasteiger partial charge in [0.25, 0.3) is 0 Å². The van der Waals surface area contributed by atoms with E-state index in [0.29, 0.717) is 5.41 Å². The van der Waals surface area contributed by atoms with Crippen molar-refractivity contribution in [2.75, 3.05) is 13.2 Å². The van der Waals surface area contributed by atoms with Gasteiger partial charge in [-0.3, -0.25) is 4.98 Å². The highest BCUT2D eigenvalue weighted by Gasteiger charge is 2.57. The number of rotatable bonds is 1. The maximum absolute atomic E-state index is 5.46. The molecule has 2 nitrogen and oxygen atoms in total. The highest BCUT2D eigenvalue weighted by atomic mass is 79.9. The van der Waals surface area contributed by atoms with Gasteiger partial charge in [0.05, 0.1) is 6.61 Å². The van der Waals surface area contributed by atoms with E-state index in [-0.39, 0.29) is 0 Å². The van der Waals surface area contributed by atoms with E-state index in [9.17, 15) is 0 Å². The number of pyridine rings is 1. The predicted molar refractivity (Wildman–Crippen MR) is 57.2 cm³/mol. The maximum Gasteiger partial charge on any atom is 0.0503 e. The third kappa shape index (κ3) is 1.22. The molecule has 3 rings (SSSR count). The largest absolute Gasteiger partial charge is 0.381 e. The van der Waals surface area contributed by atoms with Gasteiger partial charge in [-0.25, -0.2) is 0 Å². The van der Waals surface area contributed by atoms with E-state index < -0.39 is 0 Å². The zero-order valence-corrected chi connectivity index (χ0v) is 9.46. The molecule has 1 saturated heterocycles. The molecule has 0 radical (unpaired) electrons. The second-order valence-corrected chi connectivity index (χ2v) is 5.16. The molecule has 2 aliphatic rings. The Balaban J connectivity index is 1.92. The lowest BCUT2D eigenvalue weighted by Gasteiger charge is -2.21. The monoisotopic (exact) mass is 253 g/mol. The summed E-state index contributed by atoms with van der Waals surface area (Å²) in [6, 6.07) is 4.23. The first-order valence-corrected chi connectivity index (χ1v) is 5.80. The quantitative estimate of drug-likeness (QED) is 0.768. The topological polar surface area (TPSA) is 22.1 Å². The molecule has 1 saturated carbocycles. The van der Waals surface area contributed by atoms with E-state index in [1.54, 1.807) is 0 Å². The van der Waals surface area contributed by atoms with Crippen LogP contribution in [0.2, 0.25) is 0 Å². The summed E-state index contributed by atoms with van der Waals surface area (Å²) >= 11 is 3.41. The fraction of sp³-hybridized carbons (Fsp3) is 0.545. The zero-order valence-electron chi connectivity index (χ0n) is 7.87. The lowest BCUT2D eigenvalue weighted by molar-refractivity contribution is 0.0794. The molecule has 2 atom stereocenters. The number of ether oxygens (including phenoxy) is 1. The van der Waals surface area contributed by atoms with Gasteiger partial charge in [0.15, 0.2) is 0 Å². The molecule has 14 heavy (non-hydrogen) atoms. The van der Waals surface area contributed by atoms with Gasteiger partial charge in [-0.15, -0.1) is 0 Å². The first-order chi connectivity index (χ1) is 6.81. The van der Waals surface area contributed by atoms with E-state index in [1.165, 1.54) is 12.1 Å². The number of hydrogen-bond acceptors (Lipinski definition) is 2. The minimum Gasteiger partial charge on any atom is -0.381 e. The van der Waals surface area contributed by atoms with Gasteiger partial charge < -0.3 is 4.74 Å². The molecule has 2 fully saturated rings. The number of halogens is 1. The molecule has 1 aromatic rings. The van der Waals surface area contributed by atoms with Crippen molar-refractivity contribution < 1.29 is 4.74 Å². The Hall–Kier alpha value is -0.410. The minimum atomic E-state index is 0.374. The van der Waals surface area contributed by atoms with Crippen LogP contribution in [-0.2, 0) is 10.2 Å². The van der Waals surface area contributed by atoms with Gasteiger partial charge in [-0.2, -0.15) is 0 Å². The van der Waals surface area contributed by atoms with Crippen LogP contribution >= 0.6 is 15.9 Å². The highest BCUT2D eigenvalue weighted by molar-refractivity contribution is 9.10. The average molecular weight is 254 g/mol. The summed E-state index contributed by atoms with van der Waals surface area (Å²) in [5, 5.41) is 0. The summed E-state index contributed by atoms with van der Waals surface area (Å²) in [4.78, 5) is 4.51. The van der Waals surface area contributed by atoms with E-state index in [1.807, 2.05) is 6.20 Å². The van der Waals surface area contributed by atoms with E-state index in [0.717, 1.165) is 30.0 Å². The molecular weight excluding hydrogens is 242 g/mol. The van der Waals surface area contributed by atoms with Crippen molar-refractivity contribution in [3.05, 3.63) is 28.5 Å². The summed E-state index contributed by atoms with van der Waals surface area (Å²) in [5.74, 6) is 0.727. The molecule has 0 spiro atoms. The molecule has 3 heteroatoms. The van der Waals surface area contributed by atoms with Crippen LogP contribution in [-0.4, -0.2) is 18.2 Å². The molecule has 74 valence electrons. The number of fused-ring (bicyclic) bond motifs is 1. The third-order valence-electron chi connectivity index (χ3n) is 3.48. The van der Waals surface area contributed by atoms with Gasteiger partial charge in [0, 0.05) is 28.4 Å². The van der Waals surface area contributed by atoms with Crippen molar-refractivity contribution in [1.29, 1.82) is 0 Å². The highest BCUT2D eigenvalue weighted by Crippen LogP contribution is 2.58. The fourth-order valence-electron chi connectivity index (χ4n) is 2.50. The SMILES string of the molecule is Brc1ccc(C23CCOCC2C3)nc1. The van der Waals surface area contributed by atoms with Gasteiger partial charge in [-0.05, 0) is 46.8 Å².